The monoisotopic (exact) mass is 144 g/mol. The molecule has 2 atom stereocenters. The van der Waals surface area contributed by atoms with E-state index in [2.05, 4.69) is 6.92 Å². The second-order valence-electron chi connectivity index (χ2n) is 2.60. The first-order valence-electron chi connectivity index (χ1n) is 4.11. The fraction of sp³-hybridized carbons (Fsp3) is 1.00. The number of rotatable bonds is 3. The first-order valence-corrected chi connectivity index (χ1v) is 4.11. The molecule has 0 aliphatic carbocycles. The van der Waals surface area contributed by atoms with Crippen LogP contribution in [0.4, 0.5) is 0 Å². The molecule has 2 nitrogen and oxygen atoms in total. The summed E-state index contributed by atoms with van der Waals surface area (Å²) in [6, 6.07) is 0. The zero-order chi connectivity index (χ0) is 7.40. The van der Waals surface area contributed by atoms with Gasteiger partial charge in [-0.2, -0.15) is 0 Å². The van der Waals surface area contributed by atoms with Crippen LogP contribution in [0.5, 0.6) is 0 Å². The second-order valence-corrected chi connectivity index (χ2v) is 2.60. The maximum absolute atomic E-state index is 5.48. The van der Waals surface area contributed by atoms with Crippen LogP contribution in [0.25, 0.3) is 0 Å². The Hall–Kier alpha value is -0.0800. The fourth-order valence-corrected chi connectivity index (χ4v) is 1.41. The van der Waals surface area contributed by atoms with Crippen LogP contribution in [0.1, 0.15) is 26.7 Å². The molecule has 0 N–H and O–H groups in total. The van der Waals surface area contributed by atoms with Gasteiger partial charge in [0.25, 0.3) is 0 Å². The van der Waals surface area contributed by atoms with Gasteiger partial charge in [0.2, 0.25) is 0 Å². The van der Waals surface area contributed by atoms with Gasteiger partial charge < -0.3 is 9.47 Å². The summed E-state index contributed by atoms with van der Waals surface area (Å²) in [4.78, 5) is 0. The predicted octanol–water partition coefficient (Wildman–Crippen LogP) is 1.59. The molecular weight excluding hydrogens is 128 g/mol. The molecule has 2 unspecified atom stereocenters. The molecule has 0 aromatic carbocycles. The van der Waals surface area contributed by atoms with Crippen molar-refractivity contribution in [2.45, 2.75) is 38.9 Å². The van der Waals surface area contributed by atoms with Crippen LogP contribution in [0.2, 0.25) is 0 Å². The molecule has 1 aliphatic rings. The minimum absolute atomic E-state index is 0.361. The summed E-state index contributed by atoms with van der Waals surface area (Å²) >= 11 is 0. The summed E-state index contributed by atoms with van der Waals surface area (Å²) in [5, 5.41) is 0. The Morgan fingerprint density at radius 3 is 2.90 bits per heavy atom. The maximum atomic E-state index is 5.48. The summed E-state index contributed by atoms with van der Waals surface area (Å²) in [5.41, 5.74) is 0. The van der Waals surface area contributed by atoms with Crippen LogP contribution < -0.4 is 0 Å². The van der Waals surface area contributed by atoms with Crippen molar-refractivity contribution in [1.82, 2.24) is 0 Å². The van der Waals surface area contributed by atoms with E-state index in [-0.39, 0.29) is 0 Å². The molecule has 0 amide bonds. The topological polar surface area (TPSA) is 18.5 Å². The van der Waals surface area contributed by atoms with Crippen molar-refractivity contribution >= 4 is 0 Å². The zero-order valence-electron chi connectivity index (χ0n) is 6.80. The molecule has 1 aliphatic heterocycles. The Morgan fingerprint density at radius 1 is 1.50 bits per heavy atom. The van der Waals surface area contributed by atoms with E-state index in [9.17, 15) is 0 Å². The molecule has 0 bridgehead atoms. The molecule has 0 saturated carbocycles. The fourth-order valence-electron chi connectivity index (χ4n) is 1.41. The van der Waals surface area contributed by atoms with E-state index in [0.29, 0.717) is 12.2 Å². The predicted molar refractivity (Wildman–Crippen MR) is 40.1 cm³/mol. The minimum Gasteiger partial charge on any atom is -0.376 e. The lowest BCUT2D eigenvalue weighted by Gasteiger charge is -2.15. The van der Waals surface area contributed by atoms with Gasteiger partial charge in [-0.1, -0.05) is 6.92 Å². The van der Waals surface area contributed by atoms with Gasteiger partial charge in [0.05, 0.1) is 12.2 Å². The maximum Gasteiger partial charge on any atom is 0.0858 e. The van der Waals surface area contributed by atoms with Gasteiger partial charge in [-0.15, -0.1) is 0 Å². The average molecular weight is 144 g/mol. The van der Waals surface area contributed by atoms with Crippen molar-refractivity contribution in [3.05, 3.63) is 0 Å². The van der Waals surface area contributed by atoms with Crippen molar-refractivity contribution in [2.75, 3.05) is 13.2 Å². The standard InChI is InChI=1S/C8H16O2/c1-3-7-8(9-4-2)5-6-10-7/h7-8H,3-6H2,1-2H3. The molecular formula is C8H16O2. The van der Waals surface area contributed by atoms with E-state index in [4.69, 9.17) is 9.47 Å². The minimum atomic E-state index is 0.361. The first kappa shape index (κ1) is 8.02. The Bertz CT molecular complexity index is 93.3. The average Bonchev–Trinajstić information content (AvgIpc) is 2.36. The van der Waals surface area contributed by atoms with Gasteiger partial charge in [0, 0.05) is 13.2 Å². The van der Waals surface area contributed by atoms with Crippen LogP contribution in [-0.4, -0.2) is 25.4 Å². The molecule has 0 spiro atoms. The summed E-state index contributed by atoms with van der Waals surface area (Å²) < 4.78 is 10.9. The van der Waals surface area contributed by atoms with E-state index < -0.39 is 0 Å². The molecule has 2 heteroatoms. The molecule has 0 radical (unpaired) electrons. The van der Waals surface area contributed by atoms with Crippen LogP contribution in [-0.2, 0) is 9.47 Å². The van der Waals surface area contributed by atoms with Crippen molar-refractivity contribution in [3.63, 3.8) is 0 Å². The highest BCUT2D eigenvalue weighted by Crippen LogP contribution is 2.19. The molecule has 1 rings (SSSR count). The van der Waals surface area contributed by atoms with Crippen LogP contribution in [0, 0.1) is 0 Å². The SMILES string of the molecule is CCOC1CCOC1CC. The van der Waals surface area contributed by atoms with Gasteiger partial charge in [-0.25, -0.2) is 0 Å². The quantitative estimate of drug-likeness (QED) is 0.599. The second kappa shape index (κ2) is 3.94. The van der Waals surface area contributed by atoms with Crippen LogP contribution >= 0.6 is 0 Å². The normalized spacial score (nSPS) is 33.0. The lowest BCUT2D eigenvalue weighted by molar-refractivity contribution is -0.00516. The third-order valence-corrected chi connectivity index (χ3v) is 1.93. The highest BCUT2D eigenvalue weighted by Gasteiger charge is 2.26. The van der Waals surface area contributed by atoms with Crippen LogP contribution in [0.15, 0.2) is 0 Å². The number of hydrogen-bond acceptors (Lipinski definition) is 2. The molecule has 0 aromatic rings. The van der Waals surface area contributed by atoms with Crippen molar-refractivity contribution < 1.29 is 9.47 Å². The Labute approximate surface area is 62.5 Å². The van der Waals surface area contributed by atoms with E-state index >= 15 is 0 Å². The third kappa shape index (κ3) is 1.70. The molecule has 1 saturated heterocycles. The van der Waals surface area contributed by atoms with E-state index in [1.54, 1.807) is 0 Å². The lowest BCUT2D eigenvalue weighted by atomic mass is 10.1. The van der Waals surface area contributed by atoms with E-state index in [1.807, 2.05) is 6.92 Å². The van der Waals surface area contributed by atoms with Gasteiger partial charge in [0.15, 0.2) is 0 Å². The third-order valence-electron chi connectivity index (χ3n) is 1.93. The Balaban J connectivity index is 2.27. The Kier molecular flexibility index (Phi) is 3.16. The van der Waals surface area contributed by atoms with Gasteiger partial charge in [-0.05, 0) is 19.8 Å². The smallest absolute Gasteiger partial charge is 0.0858 e. The highest BCUT2D eigenvalue weighted by atomic mass is 16.6. The van der Waals surface area contributed by atoms with Gasteiger partial charge in [-0.3, -0.25) is 0 Å². The molecule has 60 valence electrons. The van der Waals surface area contributed by atoms with E-state index in [1.165, 1.54) is 0 Å². The van der Waals surface area contributed by atoms with Crippen molar-refractivity contribution in [2.24, 2.45) is 0 Å². The largest absolute Gasteiger partial charge is 0.376 e. The summed E-state index contributed by atoms with van der Waals surface area (Å²) in [6.07, 6.45) is 2.88. The van der Waals surface area contributed by atoms with Gasteiger partial charge >= 0.3 is 0 Å². The highest BCUT2D eigenvalue weighted by molar-refractivity contribution is 4.75. The summed E-state index contributed by atoms with van der Waals surface area (Å²) in [6.45, 7) is 5.86. The molecule has 1 heterocycles. The number of ether oxygens (including phenoxy) is 2. The lowest BCUT2D eigenvalue weighted by Crippen LogP contribution is -2.23. The number of hydrogen-bond donors (Lipinski definition) is 0. The Morgan fingerprint density at radius 2 is 2.30 bits per heavy atom. The molecule has 0 aromatic heterocycles. The van der Waals surface area contributed by atoms with Crippen molar-refractivity contribution in [1.29, 1.82) is 0 Å². The van der Waals surface area contributed by atoms with Crippen molar-refractivity contribution in [3.8, 4) is 0 Å². The summed E-state index contributed by atoms with van der Waals surface area (Å²) in [5.74, 6) is 0. The van der Waals surface area contributed by atoms with Crippen LogP contribution in [0.3, 0.4) is 0 Å². The van der Waals surface area contributed by atoms with Gasteiger partial charge in [0.1, 0.15) is 0 Å². The molecule has 10 heavy (non-hydrogen) atoms. The summed E-state index contributed by atoms with van der Waals surface area (Å²) in [7, 11) is 0. The van der Waals surface area contributed by atoms with E-state index in [0.717, 1.165) is 26.1 Å². The zero-order valence-corrected chi connectivity index (χ0v) is 6.80. The molecule has 1 fully saturated rings. The first-order chi connectivity index (χ1) is 4.88.